The summed E-state index contributed by atoms with van der Waals surface area (Å²) < 4.78 is 19.2. The van der Waals surface area contributed by atoms with Gasteiger partial charge in [0.2, 0.25) is 5.95 Å². The summed E-state index contributed by atoms with van der Waals surface area (Å²) in [6.45, 7) is 2.04. The molecule has 6 nitrogen and oxygen atoms in total. The van der Waals surface area contributed by atoms with Crippen molar-refractivity contribution in [1.82, 2.24) is 14.9 Å². The Morgan fingerprint density at radius 2 is 2.08 bits per heavy atom. The molecular formula is C17H21ClFN5O. The van der Waals surface area contributed by atoms with E-state index < -0.39 is 5.82 Å². The molecular weight excluding hydrogens is 345 g/mol. The Morgan fingerprint density at radius 1 is 1.32 bits per heavy atom. The number of nitrogens with zero attached hydrogens (tertiary/aromatic N) is 3. The van der Waals surface area contributed by atoms with E-state index in [2.05, 4.69) is 32.5 Å². The predicted octanol–water partition coefficient (Wildman–Crippen LogP) is 3.53. The maximum absolute atomic E-state index is 14.1. The van der Waals surface area contributed by atoms with Crippen molar-refractivity contribution in [3.63, 3.8) is 0 Å². The van der Waals surface area contributed by atoms with Gasteiger partial charge in [-0.2, -0.15) is 4.98 Å². The topological polar surface area (TPSA) is 62.3 Å². The van der Waals surface area contributed by atoms with E-state index in [1.807, 2.05) is 0 Å². The largest absolute Gasteiger partial charge is 0.495 e. The second kappa shape index (κ2) is 7.84. The zero-order valence-corrected chi connectivity index (χ0v) is 15.0. The summed E-state index contributed by atoms with van der Waals surface area (Å²) >= 11 is 6.10. The lowest BCUT2D eigenvalue weighted by atomic mass is 10.1. The fourth-order valence-electron chi connectivity index (χ4n) is 2.74. The van der Waals surface area contributed by atoms with E-state index in [4.69, 9.17) is 16.3 Å². The zero-order chi connectivity index (χ0) is 17.8. The monoisotopic (exact) mass is 365 g/mol. The molecule has 1 aliphatic rings. The van der Waals surface area contributed by atoms with Crippen LogP contribution in [0.3, 0.4) is 0 Å². The Bertz CT molecular complexity index is 737. The lowest BCUT2D eigenvalue weighted by Gasteiger charge is -2.29. The summed E-state index contributed by atoms with van der Waals surface area (Å²) in [6, 6.07) is 5.41. The molecule has 0 radical (unpaired) electrons. The quantitative estimate of drug-likeness (QED) is 0.845. The van der Waals surface area contributed by atoms with E-state index in [1.54, 1.807) is 25.3 Å². The summed E-state index contributed by atoms with van der Waals surface area (Å²) in [7, 11) is 3.64. The minimum atomic E-state index is -0.527. The van der Waals surface area contributed by atoms with Crippen LogP contribution in [0.5, 0.6) is 5.75 Å². The first-order valence-electron chi connectivity index (χ1n) is 8.13. The minimum absolute atomic E-state index is 0.103. The standard InChI is InChI=1S/C17H21ClFN5O/c1-24-7-5-11(6-8-24)22-17-20-10-14(19)16(23-17)21-12-3-4-15(25-2)13(18)9-12/h3-4,9-11H,5-8H2,1-2H3,(H2,20,21,22,23). The molecule has 2 heterocycles. The number of rotatable bonds is 5. The first-order valence-corrected chi connectivity index (χ1v) is 8.51. The van der Waals surface area contributed by atoms with Crippen molar-refractivity contribution in [2.45, 2.75) is 18.9 Å². The fraction of sp³-hybridized carbons (Fsp3) is 0.412. The molecule has 1 aromatic carbocycles. The number of benzene rings is 1. The maximum Gasteiger partial charge on any atom is 0.225 e. The molecule has 1 aliphatic heterocycles. The first kappa shape index (κ1) is 17.7. The number of likely N-dealkylation sites (tertiary alicyclic amines) is 1. The number of anilines is 3. The van der Waals surface area contributed by atoms with Gasteiger partial charge in [-0.25, -0.2) is 9.37 Å². The van der Waals surface area contributed by atoms with Crippen LogP contribution in [0.4, 0.5) is 21.8 Å². The van der Waals surface area contributed by atoms with Crippen molar-refractivity contribution in [3.05, 3.63) is 35.2 Å². The van der Waals surface area contributed by atoms with Crippen molar-refractivity contribution in [3.8, 4) is 5.75 Å². The second-order valence-electron chi connectivity index (χ2n) is 6.09. The molecule has 2 N–H and O–H groups in total. The minimum Gasteiger partial charge on any atom is -0.495 e. The molecule has 2 aromatic rings. The van der Waals surface area contributed by atoms with Gasteiger partial charge in [0.05, 0.1) is 18.3 Å². The van der Waals surface area contributed by atoms with Crippen LogP contribution < -0.4 is 15.4 Å². The molecule has 0 aliphatic carbocycles. The van der Waals surface area contributed by atoms with Crippen molar-refractivity contribution < 1.29 is 9.13 Å². The van der Waals surface area contributed by atoms with Crippen LogP contribution in [-0.2, 0) is 0 Å². The highest BCUT2D eigenvalue weighted by atomic mass is 35.5. The highest BCUT2D eigenvalue weighted by Crippen LogP contribution is 2.29. The molecule has 1 aromatic heterocycles. The smallest absolute Gasteiger partial charge is 0.225 e. The summed E-state index contributed by atoms with van der Waals surface area (Å²) in [5.74, 6) is 0.547. The number of hydrogen-bond acceptors (Lipinski definition) is 6. The van der Waals surface area contributed by atoms with E-state index in [-0.39, 0.29) is 5.82 Å². The van der Waals surface area contributed by atoms with Crippen LogP contribution in [0.25, 0.3) is 0 Å². The van der Waals surface area contributed by atoms with Crippen LogP contribution in [0.2, 0.25) is 5.02 Å². The number of aromatic nitrogens is 2. The molecule has 0 bridgehead atoms. The van der Waals surface area contributed by atoms with Crippen LogP contribution in [0.1, 0.15) is 12.8 Å². The zero-order valence-electron chi connectivity index (χ0n) is 14.2. The van der Waals surface area contributed by atoms with E-state index in [9.17, 15) is 4.39 Å². The number of piperidine rings is 1. The predicted molar refractivity (Wildman–Crippen MR) is 97.4 cm³/mol. The molecule has 25 heavy (non-hydrogen) atoms. The van der Waals surface area contributed by atoms with Gasteiger partial charge < -0.3 is 20.3 Å². The number of halogens is 2. The highest BCUT2D eigenvalue weighted by molar-refractivity contribution is 6.32. The SMILES string of the molecule is COc1ccc(Nc2nc(NC3CCN(C)CC3)ncc2F)cc1Cl. The highest BCUT2D eigenvalue weighted by Gasteiger charge is 2.18. The van der Waals surface area contributed by atoms with Crippen molar-refractivity contribution in [2.75, 3.05) is 37.9 Å². The van der Waals surface area contributed by atoms with Crippen molar-refractivity contribution in [1.29, 1.82) is 0 Å². The van der Waals surface area contributed by atoms with Gasteiger partial charge in [0.1, 0.15) is 5.75 Å². The Kier molecular flexibility index (Phi) is 5.55. The lowest BCUT2D eigenvalue weighted by Crippen LogP contribution is -2.37. The normalized spacial score (nSPS) is 15.8. The molecule has 1 fully saturated rings. The van der Waals surface area contributed by atoms with E-state index >= 15 is 0 Å². The average molecular weight is 366 g/mol. The molecule has 0 atom stereocenters. The van der Waals surface area contributed by atoms with Gasteiger partial charge in [-0.1, -0.05) is 11.6 Å². The van der Waals surface area contributed by atoms with Crippen LogP contribution in [-0.4, -0.2) is 48.2 Å². The fourth-order valence-corrected chi connectivity index (χ4v) is 3.00. The molecule has 0 spiro atoms. The van der Waals surface area contributed by atoms with Gasteiger partial charge in [0, 0.05) is 11.7 Å². The third-order valence-electron chi connectivity index (χ3n) is 4.21. The average Bonchev–Trinajstić information content (AvgIpc) is 2.60. The summed E-state index contributed by atoms with van der Waals surface area (Å²) in [6.07, 6.45) is 3.18. The number of hydrogen-bond donors (Lipinski definition) is 2. The number of ether oxygens (including phenoxy) is 1. The van der Waals surface area contributed by atoms with Crippen LogP contribution in [0, 0.1) is 5.82 Å². The molecule has 3 rings (SSSR count). The van der Waals surface area contributed by atoms with Gasteiger partial charge in [0.25, 0.3) is 0 Å². The van der Waals surface area contributed by atoms with E-state index in [0.29, 0.717) is 28.4 Å². The van der Waals surface area contributed by atoms with Gasteiger partial charge in [0.15, 0.2) is 11.6 Å². The maximum atomic E-state index is 14.1. The summed E-state index contributed by atoms with van der Waals surface area (Å²) in [5.41, 5.74) is 0.619. The van der Waals surface area contributed by atoms with E-state index in [1.165, 1.54) is 0 Å². The van der Waals surface area contributed by atoms with Crippen LogP contribution >= 0.6 is 11.6 Å². The Labute approximate surface area is 151 Å². The third-order valence-corrected chi connectivity index (χ3v) is 4.51. The van der Waals surface area contributed by atoms with Gasteiger partial charge in [-0.15, -0.1) is 0 Å². The molecule has 8 heteroatoms. The van der Waals surface area contributed by atoms with Gasteiger partial charge in [-0.05, 0) is 51.2 Å². The molecule has 1 saturated heterocycles. The van der Waals surface area contributed by atoms with Crippen molar-refractivity contribution >= 4 is 29.1 Å². The Morgan fingerprint density at radius 3 is 2.76 bits per heavy atom. The Hall–Kier alpha value is -2.12. The number of methoxy groups -OCH3 is 1. The van der Waals surface area contributed by atoms with Gasteiger partial charge >= 0.3 is 0 Å². The third kappa shape index (κ3) is 4.49. The molecule has 0 saturated carbocycles. The lowest BCUT2D eigenvalue weighted by molar-refractivity contribution is 0.263. The number of nitrogens with one attached hydrogen (secondary N) is 2. The van der Waals surface area contributed by atoms with Crippen LogP contribution in [0.15, 0.2) is 24.4 Å². The van der Waals surface area contributed by atoms with E-state index in [0.717, 1.165) is 32.1 Å². The van der Waals surface area contributed by atoms with Gasteiger partial charge in [-0.3, -0.25) is 0 Å². The second-order valence-corrected chi connectivity index (χ2v) is 6.49. The summed E-state index contributed by atoms with van der Waals surface area (Å²) in [4.78, 5) is 10.6. The Balaban J connectivity index is 1.72. The molecule has 134 valence electrons. The summed E-state index contributed by atoms with van der Waals surface area (Å²) in [5, 5.41) is 6.65. The molecule has 0 amide bonds. The van der Waals surface area contributed by atoms with Crippen molar-refractivity contribution in [2.24, 2.45) is 0 Å². The molecule has 0 unspecified atom stereocenters. The first-order chi connectivity index (χ1) is 12.0.